The normalized spacial score (nSPS) is 15.1. The van der Waals surface area contributed by atoms with Crippen LogP contribution in [0, 0.1) is 5.41 Å². The molecule has 0 saturated heterocycles. The van der Waals surface area contributed by atoms with E-state index in [2.05, 4.69) is 26.1 Å². The van der Waals surface area contributed by atoms with Gasteiger partial charge in [0.15, 0.2) is 0 Å². The number of nitrogens with one attached hydrogen (secondary N) is 1. The lowest BCUT2D eigenvalue weighted by Crippen LogP contribution is -2.33. The van der Waals surface area contributed by atoms with Crippen LogP contribution < -0.4 is 5.32 Å². The van der Waals surface area contributed by atoms with Gasteiger partial charge in [-0.3, -0.25) is 0 Å². The maximum atomic E-state index is 11.0. The van der Waals surface area contributed by atoms with E-state index < -0.39 is 9.84 Å². The molecule has 0 heterocycles. The summed E-state index contributed by atoms with van der Waals surface area (Å²) in [5, 5.41) is 3.25. The molecule has 0 rings (SSSR count). The largest absolute Gasteiger partial charge is 0.313 e. The molecule has 0 aromatic rings. The fraction of sp³-hybridized carbons (Fsp3) is 1.00. The smallest absolute Gasteiger partial charge is 0.148 e. The predicted molar refractivity (Wildman–Crippen MR) is 70.5 cm³/mol. The van der Waals surface area contributed by atoms with Gasteiger partial charge in [-0.1, -0.05) is 27.2 Å². The van der Waals surface area contributed by atoms with E-state index in [4.69, 9.17) is 0 Å². The van der Waals surface area contributed by atoms with Crippen molar-refractivity contribution in [3.8, 4) is 0 Å². The lowest BCUT2D eigenvalue weighted by Gasteiger charge is -2.18. The van der Waals surface area contributed by atoms with Crippen molar-refractivity contribution in [2.24, 2.45) is 5.41 Å². The van der Waals surface area contributed by atoms with Gasteiger partial charge in [0.05, 0.1) is 5.75 Å². The minimum atomic E-state index is -2.85. The van der Waals surface area contributed by atoms with Crippen LogP contribution in [0.3, 0.4) is 0 Å². The molecule has 4 heteroatoms. The highest BCUT2D eigenvalue weighted by Gasteiger charge is 2.11. The first kappa shape index (κ1) is 15.9. The standard InChI is InChI=1S/C12H27NO2S/c1-11(10-16(5,14)15)13-9-7-6-8-12(2,3)4/h11,13H,6-10H2,1-5H3. The number of unbranched alkanes of at least 4 members (excludes halogenated alkanes) is 1. The lowest BCUT2D eigenvalue weighted by atomic mass is 9.90. The molecule has 0 aliphatic heterocycles. The molecule has 1 unspecified atom stereocenters. The van der Waals surface area contributed by atoms with Crippen LogP contribution in [0.4, 0.5) is 0 Å². The highest BCUT2D eigenvalue weighted by atomic mass is 32.2. The summed E-state index contributed by atoms with van der Waals surface area (Å²) in [4.78, 5) is 0. The maximum Gasteiger partial charge on any atom is 0.148 e. The van der Waals surface area contributed by atoms with Gasteiger partial charge in [0, 0.05) is 12.3 Å². The highest BCUT2D eigenvalue weighted by molar-refractivity contribution is 7.90. The molecule has 0 spiro atoms. The van der Waals surface area contributed by atoms with Crippen molar-refractivity contribution in [2.75, 3.05) is 18.6 Å². The Labute approximate surface area is 101 Å². The molecule has 0 bridgehead atoms. The first-order chi connectivity index (χ1) is 7.10. The first-order valence-corrected chi connectivity index (χ1v) is 8.07. The first-order valence-electron chi connectivity index (χ1n) is 6.01. The summed E-state index contributed by atoms with van der Waals surface area (Å²) in [5.41, 5.74) is 0.401. The summed E-state index contributed by atoms with van der Waals surface area (Å²) in [5.74, 6) is 0.228. The topological polar surface area (TPSA) is 46.2 Å². The molecule has 0 aromatic carbocycles. The van der Waals surface area contributed by atoms with Crippen LogP contribution in [-0.2, 0) is 9.84 Å². The van der Waals surface area contributed by atoms with Gasteiger partial charge in [0.1, 0.15) is 9.84 Å². The van der Waals surface area contributed by atoms with E-state index in [1.807, 2.05) is 6.92 Å². The summed E-state index contributed by atoms with van der Waals surface area (Å²) in [6.45, 7) is 9.56. The molecular weight excluding hydrogens is 222 g/mol. The highest BCUT2D eigenvalue weighted by Crippen LogP contribution is 2.21. The minimum absolute atomic E-state index is 0.0598. The zero-order valence-electron chi connectivity index (χ0n) is 11.3. The van der Waals surface area contributed by atoms with E-state index in [-0.39, 0.29) is 11.8 Å². The van der Waals surface area contributed by atoms with Crippen molar-refractivity contribution in [3.05, 3.63) is 0 Å². The monoisotopic (exact) mass is 249 g/mol. The molecule has 1 N–H and O–H groups in total. The zero-order chi connectivity index (χ0) is 12.8. The number of hydrogen-bond donors (Lipinski definition) is 1. The van der Waals surface area contributed by atoms with Gasteiger partial charge in [0.2, 0.25) is 0 Å². The third kappa shape index (κ3) is 12.0. The second-order valence-electron chi connectivity index (χ2n) is 5.97. The van der Waals surface area contributed by atoms with E-state index in [9.17, 15) is 8.42 Å². The third-order valence-electron chi connectivity index (χ3n) is 2.40. The molecular formula is C12H27NO2S. The zero-order valence-corrected chi connectivity index (χ0v) is 12.2. The van der Waals surface area contributed by atoms with Crippen LogP contribution in [0.1, 0.15) is 47.0 Å². The summed E-state index contributed by atoms with van der Waals surface area (Å²) < 4.78 is 22.0. The molecule has 0 aliphatic rings. The molecule has 0 aromatic heterocycles. The molecule has 16 heavy (non-hydrogen) atoms. The van der Waals surface area contributed by atoms with E-state index in [1.165, 1.54) is 19.1 Å². The predicted octanol–water partition coefficient (Wildman–Crippen LogP) is 2.23. The van der Waals surface area contributed by atoms with Crippen LogP contribution in [0.15, 0.2) is 0 Å². The molecule has 0 saturated carbocycles. The Morgan fingerprint density at radius 2 is 1.75 bits per heavy atom. The Morgan fingerprint density at radius 3 is 2.19 bits per heavy atom. The summed E-state index contributed by atoms with van der Waals surface area (Å²) in [6.07, 6.45) is 4.81. The number of sulfone groups is 1. The summed E-state index contributed by atoms with van der Waals surface area (Å²) in [6, 6.07) is 0.0598. The van der Waals surface area contributed by atoms with E-state index in [0.29, 0.717) is 5.41 Å². The van der Waals surface area contributed by atoms with Gasteiger partial charge in [-0.25, -0.2) is 8.42 Å². The van der Waals surface area contributed by atoms with Crippen molar-refractivity contribution in [2.45, 2.75) is 53.0 Å². The van der Waals surface area contributed by atoms with Crippen LogP contribution >= 0.6 is 0 Å². The Hall–Kier alpha value is -0.0900. The van der Waals surface area contributed by atoms with Crippen LogP contribution in [0.5, 0.6) is 0 Å². The van der Waals surface area contributed by atoms with Gasteiger partial charge >= 0.3 is 0 Å². The summed E-state index contributed by atoms with van der Waals surface area (Å²) >= 11 is 0. The van der Waals surface area contributed by atoms with E-state index >= 15 is 0 Å². The third-order valence-corrected chi connectivity index (χ3v) is 3.50. The van der Waals surface area contributed by atoms with Crippen molar-refractivity contribution in [3.63, 3.8) is 0 Å². The Bertz CT molecular complexity index is 278. The van der Waals surface area contributed by atoms with Crippen molar-refractivity contribution >= 4 is 9.84 Å². The van der Waals surface area contributed by atoms with Gasteiger partial charge in [-0.2, -0.15) is 0 Å². The van der Waals surface area contributed by atoms with Crippen LogP contribution in [0.25, 0.3) is 0 Å². The molecule has 1 atom stereocenters. The molecule has 0 aliphatic carbocycles. The second-order valence-corrected chi connectivity index (χ2v) is 8.15. The van der Waals surface area contributed by atoms with Crippen LogP contribution in [-0.4, -0.2) is 33.0 Å². The van der Waals surface area contributed by atoms with Gasteiger partial charge < -0.3 is 5.32 Å². The minimum Gasteiger partial charge on any atom is -0.313 e. The van der Waals surface area contributed by atoms with Crippen molar-refractivity contribution in [1.29, 1.82) is 0 Å². The SMILES string of the molecule is CC(CS(C)(=O)=O)NCCCCC(C)(C)C. The van der Waals surface area contributed by atoms with E-state index in [0.717, 1.165) is 13.0 Å². The quantitative estimate of drug-likeness (QED) is 0.704. The van der Waals surface area contributed by atoms with Gasteiger partial charge in [0.25, 0.3) is 0 Å². The molecule has 3 nitrogen and oxygen atoms in total. The number of rotatable bonds is 7. The molecule has 0 fully saturated rings. The Balaban J connectivity index is 3.53. The second kappa shape index (κ2) is 6.60. The van der Waals surface area contributed by atoms with Gasteiger partial charge in [-0.05, 0) is 31.7 Å². The lowest BCUT2D eigenvalue weighted by molar-refractivity contribution is 0.357. The fourth-order valence-electron chi connectivity index (χ4n) is 1.64. The Kier molecular flexibility index (Phi) is 6.56. The number of hydrogen-bond acceptors (Lipinski definition) is 3. The van der Waals surface area contributed by atoms with Gasteiger partial charge in [-0.15, -0.1) is 0 Å². The summed E-state index contributed by atoms with van der Waals surface area (Å²) in [7, 11) is -2.85. The maximum absolute atomic E-state index is 11.0. The average molecular weight is 249 g/mol. The fourth-order valence-corrected chi connectivity index (χ4v) is 2.67. The average Bonchev–Trinajstić information content (AvgIpc) is 1.97. The molecule has 98 valence electrons. The molecule has 0 amide bonds. The van der Waals surface area contributed by atoms with Crippen molar-refractivity contribution in [1.82, 2.24) is 5.32 Å². The molecule has 0 radical (unpaired) electrons. The van der Waals surface area contributed by atoms with E-state index in [1.54, 1.807) is 0 Å². The Morgan fingerprint density at radius 1 is 1.19 bits per heavy atom. The van der Waals surface area contributed by atoms with Crippen molar-refractivity contribution < 1.29 is 8.42 Å². The van der Waals surface area contributed by atoms with Crippen LogP contribution in [0.2, 0.25) is 0 Å².